The highest BCUT2D eigenvalue weighted by atomic mass is 127. The monoisotopic (exact) mass is 557 g/mol. The Hall–Kier alpha value is -1.78. The number of nitrogens with zero attached hydrogens (tertiary/aromatic N) is 2. The Morgan fingerprint density at radius 1 is 1.16 bits per heavy atom. The lowest BCUT2D eigenvalue weighted by Gasteiger charge is -2.22. The fraction of sp³-hybridized carbons (Fsp3) is 0.542. The van der Waals surface area contributed by atoms with Crippen LogP contribution in [0.5, 0.6) is 5.75 Å². The fourth-order valence-electron chi connectivity index (χ4n) is 3.66. The maximum Gasteiger partial charge on any atom is 0.193 e. The molecule has 1 saturated heterocycles. The van der Waals surface area contributed by atoms with E-state index in [9.17, 15) is 0 Å². The summed E-state index contributed by atoms with van der Waals surface area (Å²) in [6, 6.07) is 12.1. The summed E-state index contributed by atoms with van der Waals surface area (Å²) in [5.74, 6) is 3.34. The Balaban J connectivity index is 0.00000363. The smallest absolute Gasteiger partial charge is 0.193 e. The molecule has 1 unspecified atom stereocenters. The molecule has 178 valence electrons. The van der Waals surface area contributed by atoms with Crippen LogP contribution in [0.3, 0.4) is 0 Å². The van der Waals surface area contributed by atoms with E-state index in [1.165, 1.54) is 5.56 Å². The van der Waals surface area contributed by atoms with E-state index in [1.54, 1.807) is 20.5 Å². The third kappa shape index (κ3) is 8.99. The number of ether oxygens (including phenoxy) is 3. The van der Waals surface area contributed by atoms with Crippen LogP contribution < -0.4 is 10.1 Å². The molecule has 1 aromatic heterocycles. The average Bonchev–Trinajstić information content (AvgIpc) is 3.48. The molecule has 0 saturated carbocycles. The average molecular weight is 557 g/mol. The van der Waals surface area contributed by atoms with Crippen molar-refractivity contribution in [3.8, 4) is 5.75 Å². The van der Waals surface area contributed by atoms with Crippen LogP contribution in [0.2, 0.25) is 0 Å². The summed E-state index contributed by atoms with van der Waals surface area (Å²) < 4.78 is 21.5. The number of rotatable bonds is 12. The van der Waals surface area contributed by atoms with Crippen molar-refractivity contribution in [3.63, 3.8) is 0 Å². The predicted octanol–water partition coefficient (Wildman–Crippen LogP) is 3.62. The lowest BCUT2D eigenvalue weighted by atomic mass is 10.1. The van der Waals surface area contributed by atoms with E-state index >= 15 is 0 Å². The first-order chi connectivity index (χ1) is 15.3. The minimum atomic E-state index is 0. The summed E-state index contributed by atoms with van der Waals surface area (Å²) in [4.78, 5) is 7.22. The topological polar surface area (TPSA) is 68.5 Å². The number of benzene rings is 1. The normalized spacial score (nSPS) is 16.1. The molecule has 0 aliphatic carbocycles. The number of hydrogen-bond acceptors (Lipinski definition) is 5. The maximum atomic E-state index is 5.74. The molecule has 0 bridgehead atoms. The number of guanidine groups is 1. The van der Waals surface area contributed by atoms with Gasteiger partial charge in [-0.2, -0.15) is 0 Å². The molecule has 1 fully saturated rings. The highest BCUT2D eigenvalue weighted by Gasteiger charge is 2.25. The summed E-state index contributed by atoms with van der Waals surface area (Å²) in [5.41, 5.74) is 1.27. The maximum absolute atomic E-state index is 5.74. The van der Waals surface area contributed by atoms with Crippen LogP contribution in [-0.2, 0) is 22.3 Å². The van der Waals surface area contributed by atoms with Gasteiger partial charge in [0, 0.05) is 45.6 Å². The molecule has 32 heavy (non-hydrogen) atoms. The van der Waals surface area contributed by atoms with Crippen molar-refractivity contribution in [2.75, 3.05) is 60.2 Å². The van der Waals surface area contributed by atoms with Crippen molar-refractivity contribution in [2.45, 2.75) is 19.3 Å². The standard InChI is InChI=1S/C24H35N3O4.HI/c1-28-16-17-30-19-21-11-14-27(18-21)24(26-13-10-23-4-3-15-31-23)25-12-9-20-5-7-22(29-2)8-6-20;/h3-8,15,21H,9-14,16-19H2,1-2H3,(H,25,26);1H. The van der Waals surface area contributed by atoms with Gasteiger partial charge in [0.15, 0.2) is 5.96 Å². The van der Waals surface area contributed by atoms with E-state index < -0.39 is 0 Å². The second kappa shape index (κ2) is 15.1. The molecular weight excluding hydrogens is 521 g/mol. The number of hydrogen-bond donors (Lipinski definition) is 1. The summed E-state index contributed by atoms with van der Waals surface area (Å²) in [6.07, 6.45) is 4.55. The second-order valence-corrected chi connectivity index (χ2v) is 7.73. The largest absolute Gasteiger partial charge is 0.497 e. The van der Waals surface area contributed by atoms with Gasteiger partial charge in [0.2, 0.25) is 0 Å². The first-order valence-electron chi connectivity index (χ1n) is 11.0. The minimum absolute atomic E-state index is 0. The van der Waals surface area contributed by atoms with Gasteiger partial charge in [-0.15, -0.1) is 24.0 Å². The van der Waals surface area contributed by atoms with Gasteiger partial charge in [0.1, 0.15) is 11.5 Å². The van der Waals surface area contributed by atoms with Crippen molar-refractivity contribution < 1.29 is 18.6 Å². The zero-order valence-electron chi connectivity index (χ0n) is 19.1. The van der Waals surface area contributed by atoms with Gasteiger partial charge in [-0.25, -0.2) is 0 Å². The molecule has 2 aromatic rings. The molecule has 1 aliphatic heterocycles. The second-order valence-electron chi connectivity index (χ2n) is 7.73. The first-order valence-corrected chi connectivity index (χ1v) is 11.0. The minimum Gasteiger partial charge on any atom is -0.497 e. The molecule has 7 nitrogen and oxygen atoms in total. The number of halogens is 1. The molecule has 1 aliphatic rings. The molecular formula is C24H36IN3O4. The van der Waals surface area contributed by atoms with E-state index in [1.807, 2.05) is 24.3 Å². The van der Waals surface area contributed by atoms with Crippen LogP contribution in [0.15, 0.2) is 52.1 Å². The van der Waals surface area contributed by atoms with Crippen LogP contribution in [0.4, 0.5) is 0 Å². The molecule has 3 rings (SSSR count). The van der Waals surface area contributed by atoms with Crippen LogP contribution >= 0.6 is 24.0 Å². The van der Waals surface area contributed by atoms with Crippen LogP contribution in [0.1, 0.15) is 17.7 Å². The third-order valence-corrected chi connectivity index (χ3v) is 5.43. The Bertz CT molecular complexity index is 768. The van der Waals surface area contributed by atoms with Gasteiger partial charge >= 0.3 is 0 Å². The quantitative estimate of drug-likeness (QED) is 0.186. The molecule has 8 heteroatoms. The molecule has 0 amide bonds. The summed E-state index contributed by atoms with van der Waals surface area (Å²) in [6.45, 7) is 5.54. The van der Waals surface area contributed by atoms with Gasteiger partial charge < -0.3 is 28.8 Å². The van der Waals surface area contributed by atoms with Crippen molar-refractivity contribution in [1.29, 1.82) is 0 Å². The summed E-state index contributed by atoms with van der Waals surface area (Å²) >= 11 is 0. The van der Waals surface area contributed by atoms with E-state index in [-0.39, 0.29) is 24.0 Å². The van der Waals surface area contributed by atoms with E-state index in [4.69, 9.17) is 23.6 Å². The number of likely N-dealkylation sites (tertiary alicyclic amines) is 1. The molecule has 0 spiro atoms. The highest BCUT2D eigenvalue weighted by Crippen LogP contribution is 2.17. The lowest BCUT2D eigenvalue weighted by Crippen LogP contribution is -2.41. The van der Waals surface area contributed by atoms with Gasteiger partial charge in [0.25, 0.3) is 0 Å². The Kier molecular flexibility index (Phi) is 12.5. The Labute approximate surface area is 208 Å². The van der Waals surface area contributed by atoms with Crippen molar-refractivity contribution in [3.05, 3.63) is 54.0 Å². The lowest BCUT2D eigenvalue weighted by molar-refractivity contribution is 0.0536. The molecule has 1 N–H and O–H groups in total. The third-order valence-electron chi connectivity index (χ3n) is 5.43. The first kappa shape index (κ1) is 26.5. The van der Waals surface area contributed by atoms with Crippen LogP contribution in [0, 0.1) is 5.92 Å². The molecule has 1 atom stereocenters. The van der Waals surface area contributed by atoms with Crippen molar-refractivity contribution in [2.24, 2.45) is 10.9 Å². The molecule has 1 aromatic carbocycles. The Morgan fingerprint density at radius 2 is 2.00 bits per heavy atom. The van der Waals surface area contributed by atoms with Gasteiger partial charge in [-0.1, -0.05) is 12.1 Å². The summed E-state index contributed by atoms with van der Waals surface area (Å²) in [5, 5.41) is 3.57. The predicted molar refractivity (Wildman–Crippen MR) is 137 cm³/mol. The van der Waals surface area contributed by atoms with Crippen LogP contribution in [0.25, 0.3) is 0 Å². The van der Waals surface area contributed by atoms with Gasteiger partial charge in [0.05, 0.1) is 33.2 Å². The van der Waals surface area contributed by atoms with E-state index in [0.29, 0.717) is 25.7 Å². The molecule has 2 heterocycles. The van der Waals surface area contributed by atoms with Gasteiger partial charge in [-0.05, 0) is 42.7 Å². The fourth-order valence-corrected chi connectivity index (χ4v) is 3.66. The van der Waals surface area contributed by atoms with Crippen molar-refractivity contribution in [1.82, 2.24) is 10.2 Å². The van der Waals surface area contributed by atoms with E-state index in [2.05, 4.69) is 22.3 Å². The Morgan fingerprint density at radius 3 is 2.72 bits per heavy atom. The zero-order chi connectivity index (χ0) is 21.7. The highest BCUT2D eigenvalue weighted by molar-refractivity contribution is 14.0. The number of aliphatic imine (C=N–C) groups is 1. The molecule has 0 radical (unpaired) electrons. The van der Waals surface area contributed by atoms with Crippen LogP contribution in [-0.4, -0.2) is 71.1 Å². The SMILES string of the molecule is COCCOCC1CCN(C(=NCCc2ccco2)NCCc2ccc(OC)cc2)C1.I. The summed E-state index contributed by atoms with van der Waals surface area (Å²) in [7, 11) is 3.39. The van der Waals surface area contributed by atoms with Gasteiger partial charge in [-0.3, -0.25) is 4.99 Å². The zero-order valence-corrected chi connectivity index (χ0v) is 21.5. The number of nitrogens with one attached hydrogen (secondary N) is 1. The van der Waals surface area contributed by atoms with Crippen molar-refractivity contribution >= 4 is 29.9 Å². The van der Waals surface area contributed by atoms with E-state index in [0.717, 1.165) is 63.0 Å². The number of furan rings is 1. The number of methoxy groups -OCH3 is 2.